The molecule has 2 aromatic heterocycles. The number of aromatic nitrogens is 3. The Morgan fingerprint density at radius 3 is 2.83 bits per heavy atom. The highest BCUT2D eigenvalue weighted by Gasteiger charge is 2.24. The quantitative estimate of drug-likeness (QED) is 0.856. The fourth-order valence-corrected chi connectivity index (χ4v) is 2.89. The molecule has 7 heteroatoms. The van der Waals surface area contributed by atoms with Gasteiger partial charge in [-0.1, -0.05) is 0 Å². The molecule has 0 radical (unpaired) electrons. The molecule has 0 saturated heterocycles. The third-order valence-corrected chi connectivity index (χ3v) is 4.05. The first-order chi connectivity index (χ1) is 11.5. The van der Waals surface area contributed by atoms with E-state index in [-0.39, 0.29) is 11.6 Å². The van der Waals surface area contributed by atoms with Crippen molar-refractivity contribution in [1.29, 1.82) is 0 Å². The minimum atomic E-state index is -0.0928. The van der Waals surface area contributed by atoms with Gasteiger partial charge < -0.3 is 10.2 Å². The van der Waals surface area contributed by atoms with Crippen LogP contribution in [-0.4, -0.2) is 38.4 Å². The van der Waals surface area contributed by atoms with Crippen LogP contribution in [0.1, 0.15) is 30.8 Å². The van der Waals surface area contributed by atoms with E-state index in [4.69, 9.17) is 0 Å². The zero-order valence-corrected chi connectivity index (χ0v) is 14.1. The summed E-state index contributed by atoms with van der Waals surface area (Å²) in [6.45, 7) is 6.76. The van der Waals surface area contributed by atoms with Gasteiger partial charge >= 0.3 is 0 Å². The van der Waals surface area contributed by atoms with Gasteiger partial charge in [0.25, 0.3) is 5.56 Å². The number of hydrogen-bond donors (Lipinski definition) is 1. The Balaban J connectivity index is 2.22. The number of rotatable bonds is 4. The number of hydrogen-bond acceptors (Lipinski definition) is 5. The van der Waals surface area contributed by atoms with E-state index >= 15 is 0 Å². The van der Waals surface area contributed by atoms with E-state index in [0.717, 1.165) is 17.8 Å². The summed E-state index contributed by atoms with van der Waals surface area (Å²) in [5.74, 6) is 0.484. The highest BCUT2D eigenvalue weighted by Crippen LogP contribution is 2.20. The number of carbonyl (C=O) groups excluding carboxylic acids is 1. The van der Waals surface area contributed by atoms with Gasteiger partial charge in [0.15, 0.2) is 0 Å². The molecule has 126 valence electrons. The normalized spacial score (nSPS) is 13.8. The van der Waals surface area contributed by atoms with Crippen LogP contribution in [0.5, 0.6) is 0 Å². The lowest BCUT2D eigenvalue weighted by molar-refractivity contribution is -0.119. The van der Waals surface area contributed by atoms with Crippen LogP contribution in [0.25, 0.3) is 5.69 Å². The number of nitrogens with one attached hydrogen (secondary N) is 1. The molecule has 0 saturated carbocycles. The Morgan fingerprint density at radius 2 is 2.17 bits per heavy atom. The molecule has 2 aromatic rings. The topological polar surface area (TPSA) is 80.1 Å². The first-order valence-electron chi connectivity index (χ1n) is 8.04. The predicted octanol–water partition coefficient (Wildman–Crippen LogP) is 1.27. The van der Waals surface area contributed by atoms with Crippen molar-refractivity contribution < 1.29 is 4.79 Å². The lowest BCUT2D eigenvalue weighted by Gasteiger charge is -2.26. The summed E-state index contributed by atoms with van der Waals surface area (Å²) in [5.41, 5.74) is 2.73. The molecule has 24 heavy (non-hydrogen) atoms. The number of fused-ring (bicyclic) bond motifs is 1. The fourth-order valence-electron chi connectivity index (χ4n) is 2.89. The van der Waals surface area contributed by atoms with Gasteiger partial charge in [0.1, 0.15) is 0 Å². The van der Waals surface area contributed by atoms with Crippen molar-refractivity contribution in [2.24, 2.45) is 0 Å². The second-order valence-electron chi connectivity index (χ2n) is 6.23. The fraction of sp³-hybridized carbons (Fsp3) is 0.412. The van der Waals surface area contributed by atoms with E-state index in [1.54, 1.807) is 15.7 Å². The van der Waals surface area contributed by atoms with E-state index in [2.05, 4.69) is 15.3 Å². The van der Waals surface area contributed by atoms with Gasteiger partial charge in [0, 0.05) is 24.3 Å². The van der Waals surface area contributed by atoms with Crippen molar-refractivity contribution in [1.82, 2.24) is 19.4 Å². The van der Waals surface area contributed by atoms with E-state index in [1.807, 2.05) is 32.9 Å². The number of aryl methyl sites for hydroxylation is 1. The van der Waals surface area contributed by atoms with Crippen molar-refractivity contribution in [3.8, 4) is 5.69 Å². The van der Waals surface area contributed by atoms with Gasteiger partial charge in [-0.15, -0.1) is 0 Å². The van der Waals surface area contributed by atoms with E-state index < -0.39 is 0 Å². The van der Waals surface area contributed by atoms with Crippen LogP contribution < -0.4 is 10.9 Å². The van der Waals surface area contributed by atoms with Crippen LogP contribution in [0.3, 0.4) is 0 Å². The highest BCUT2D eigenvalue weighted by atomic mass is 16.1. The Kier molecular flexibility index (Phi) is 4.33. The van der Waals surface area contributed by atoms with E-state index in [1.165, 1.54) is 0 Å². The Labute approximate surface area is 140 Å². The first kappa shape index (κ1) is 16.2. The molecule has 3 rings (SSSR count). The minimum Gasteiger partial charge on any atom is -0.353 e. The summed E-state index contributed by atoms with van der Waals surface area (Å²) in [7, 11) is 0. The van der Waals surface area contributed by atoms with Gasteiger partial charge in [0.2, 0.25) is 12.4 Å². The standard InChI is InChI=1S/C17H21N5O2/c1-11(2)19-17-20-14-9-21(10-23)8-6-13(14)16(24)22(17)15-5-4-7-18-12(15)3/h4-5,7,10-11H,6,8-9H2,1-3H3,(H,19,20). The van der Waals surface area contributed by atoms with Crippen molar-refractivity contribution in [2.45, 2.75) is 39.8 Å². The number of pyridine rings is 1. The molecule has 3 heterocycles. The van der Waals surface area contributed by atoms with Crippen LogP contribution in [0.4, 0.5) is 5.95 Å². The Morgan fingerprint density at radius 1 is 1.38 bits per heavy atom. The molecule has 1 amide bonds. The molecule has 1 aliphatic rings. The monoisotopic (exact) mass is 327 g/mol. The molecule has 0 aliphatic carbocycles. The largest absolute Gasteiger partial charge is 0.353 e. The molecule has 0 bridgehead atoms. The highest BCUT2D eigenvalue weighted by molar-refractivity contribution is 5.50. The molecule has 0 atom stereocenters. The first-order valence-corrected chi connectivity index (χ1v) is 8.04. The van der Waals surface area contributed by atoms with Crippen LogP contribution >= 0.6 is 0 Å². The maximum atomic E-state index is 13.1. The third-order valence-electron chi connectivity index (χ3n) is 4.05. The SMILES string of the molecule is Cc1ncccc1-n1c(NC(C)C)nc2c(c1=O)CCN(C=O)C2. The summed E-state index contributed by atoms with van der Waals surface area (Å²) in [4.78, 5) is 34.7. The van der Waals surface area contributed by atoms with Gasteiger partial charge in [-0.2, -0.15) is 0 Å². The number of carbonyl (C=O) groups is 1. The number of amides is 1. The molecular formula is C17H21N5O2. The average molecular weight is 327 g/mol. The Bertz CT molecular complexity index is 828. The van der Waals surface area contributed by atoms with Crippen molar-refractivity contribution >= 4 is 12.4 Å². The molecule has 1 aliphatic heterocycles. The van der Waals surface area contributed by atoms with Gasteiger partial charge in [-0.3, -0.25) is 14.6 Å². The summed E-state index contributed by atoms with van der Waals surface area (Å²) < 4.78 is 1.59. The maximum Gasteiger partial charge on any atom is 0.263 e. The Hall–Kier alpha value is -2.70. The van der Waals surface area contributed by atoms with Crippen LogP contribution in [0, 0.1) is 6.92 Å². The van der Waals surface area contributed by atoms with Crippen LogP contribution in [0.15, 0.2) is 23.1 Å². The molecule has 0 aromatic carbocycles. The van der Waals surface area contributed by atoms with Crippen molar-refractivity contribution in [3.63, 3.8) is 0 Å². The van der Waals surface area contributed by atoms with Gasteiger partial charge in [0.05, 0.1) is 23.6 Å². The zero-order valence-electron chi connectivity index (χ0n) is 14.1. The molecule has 7 nitrogen and oxygen atoms in total. The zero-order chi connectivity index (χ0) is 17.3. The van der Waals surface area contributed by atoms with E-state index in [0.29, 0.717) is 36.7 Å². The predicted molar refractivity (Wildman–Crippen MR) is 91.3 cm³/mol. The summed E-state index contributed by atoms with van der Waals surface area (Å²) in [6, 6.07) is 3.79. The smallest absolute Gasteiger partial charge is 0.263 e. The molecule has 0 fully saturated rings. The minimum absolute atomic E-state index is 0.0928. The maximum absolute atomic E-state index is 13.1. The van der Waals surface area contributed by atoms with E-state index in [9.17, 15) is 9.59 Å². The summed E-state index contributed by atoms with van der Waals surface area (Å²) >= 11 is 0. The van der Waals surface area contributed by atoms with Crippen molar-refractivity contribution in [2.75, 3.05) is 11.9 Å². The third kappa shape index (κ3) is 2.89. The molecule has 0 spiro atoms. The van der Waals surface area contributed by atoms with Crippen molar-refractivity contribution in [3.05, 3.63) is 45.6 Å². The number of anilines is 1. The molecular weight excluding hydrogens is 306 g/mol. The molecule has 0 unspecified atom stereocenters. The van der Waals surface area contributed by atoms with Crippen LogP contribution in [-0.2, 0) is 17.8 Å². The van der Waals surface area contributed by atoms with Crippen LogP contribution in [0.2, 0.25) is 0 Å². The second-order valence-corrected chi connectivity index (χ2v) is 6.23. The van der Waals surface area contributed by atoms with Gasteiger partial charge in [-0.05, 0) is 39.3 Å². The summed E-state index contributed by atoms with van der Waals surface area (Å²) in [5, 5.41) is 3.24. The lowest BCUT2D eigenvalue weighted by Crippen LogP contribution is -2.38. The summed E-state index contributed by atoms with van der Waals surface area (Å²) in [6.07, 6.45) is 3.02. The molecule has 1 N–H and O–H groups in total. The van der Waals surface area contributed by atoms with Gasteiger partial charge in [-0.25, -0.2) is 9.55 Å². The lowest BCUT2D eigenvalue weighted by atomic mass is 10.1. The number of nitrogens with zero attached hydrogens (tertiary/aromatic N) is 4. The second kappa shape index (κ2) is 6.43. The average Bonchev–Trinajstić information content (AvgIpc) is 2.55.